The number of hydrogen-bond acceptors (Lipinski definition) is 2. The molecule has 1 aliphatic carbocycles. The fourth-order valence-electron chi connectivity index (χ4n) is 1.36. The topological polar surface area (TPSA) is 37.3 Å². The SMILES string of the molecule is CCC(=O)C1(O)C=CC=CC1C. The van der Waals surface area contributed by atoms with Crippen molar-refractivity contribution in [1.82, 2.24) is 0 Å². The molecule has 0 radical (unpaired) electrons. The molecule has 0 aliphatic heterocycles. The Kier molecular flexibility index (Phi) is 2.48. The maximum atomic E-state index is 11.4. The minimum atomic E-state index is -1.26. The van der Waals surface area contributed by atoms with Crippen LogP contribution in [-0.4, -0.2) is 16.5 Å². The predicted octanol–water partition coefficient (Wildman–Crippen LogP) is 1.46. The van der Waals surface area contributed by atoms with E-state index in [9.17, 15) is 9.90 Å². The Balaban J connectivity index is 2.90. The van der Waals surface area contributed by atoms with Crippen molar-refractivity contribution in [2.75, 3.05) is 0 Å². The first-order valence-electron chi connectivity index (χ1n) is 4.23. The Labute approximate surface area is 72.6 Å². The molecule has 0 saturated carbocycles. The number of ketones is 1. The second kappa shape index (κ2) is 3.23. The third kappa shape index (κ3) is 1.34. The number of carbonyl (C=O) groups is 1. The van der Waals surface area contributed by atoms with Gasteiger partial charge in [0.25, 0.3) is 0 Å². The highest BCUT2D eigenvalue weighted by molar-refractivity contribution is 5.89. The third-order valence-electron chi connectivity index (χ3n) is 2.32. The summed E-state index contributed by atoms with van der Waals surface area (Å²) in [6.45, 7) is 3.60. The molecule has 0 spiro atoms. The summed E-state index contributed by atoms with van der Waals surface area (Å²) in [6.07, 6.45) is 7.35. The van der Waals surface area contributed by atoms with Gasteiger partial charge in [-0.05, 0) is 6.08 Å². The van der Waals surface area contributed by atoms with Gasteiger partial charge in [0.05, 0.1) is 0 Å². The van der Waals surface area contributed by atoms with Crippen molar-refractivity contribution in [3.8, 4) is 0 Å². The summed E-state index contributed by atoms with van der Waals surface area (Å²) in [5.74, 6) is -0.231. The fraction of sp³-hybridized carbons (Fsp3) is 0.500. The Bertz CT molecular complexity index is 240. The van der Waals surface area contributed by atoms with Crippen molar-refractivity contribution in [1.29, 1.82) is 0 Å². The smallest absolute Gasteiger partial charge is 0.168 e. The van der Waals surface area contributed by atoms with E-state index in [1.165, 1.54) is 0 Å². The average molecular weight is 166 g/mol. The zero-order valence-electron chi connectivity index (χ0n) is 7.45. The molecule has 0 aromatic rings. The molecule has 0 saturated heterocycles. The molecular weight excluding hydrogens is 152 g/mol. The van der Waals surface area contributed by atoms with E-state index < -0.39 is 5.60 Å². The van der Waals surface area contributed by atoms with Gasteiger partial charge in [0.2, 0.25) is 0 Å². The Morgan fingerprint density at radius 3 is 2.75 bits per heavy atom. The first-order valence-corrected chi connectivity index (χ1v) is 4.23. The molecule has 0 aromatic carbocycles. The van der Waals surface area contributed by atoms with Gasteiger partial charge in [-0.15, -0.1) is 0 Å². The van der Waals surface area contributed by atoms with Crippen LogP contribution in [-0.2, 0) is 4.79 Å². The molecule has 2 atom stereocenters. The summed E-state index contributed by atoms with van der Waals surface area (Å²) in [4.78, 5) is 11.4. The molecular formula is C10H14O2. The molecule has 12 heavy (non-hydrogen) atoms. The summed E-state index contributed by atoms with van der Waals surface area (Å²) in [5, 5.41) is 9.92. The number of carbonyl (C=O) groups excluding carboxylic acids is 1. The standard InChI is InChI=1S/C10H14O2/c1-3-9(11)10(12)7-5-4-6-8(10)2/h4-8,12H,3H2,1-2H3. The maximum Gasteiger partial charge on any atom is 0.168 e. The molecule has 0 bridgehead atoms. The second-order valence-electron chi connectivity index (χ2n) is 3.13. The molecule has 66 valence electrons. The number of aliphatic hydroxyl groups is 1. The van der Waals surface area contributed by atoms with Crippen LogP contribution >= 0.6 is 0 Å². The quantitative estimate of drug-likeness (QED) is 0.674. The summed E-state index contributed by atoms with van der Waals surface area (Å²) in [5.41, 5.74) is -1.26. The van der Waals surface area contributed by atoms with Crippen molar-refractivity contribution in [2.45, 2.75) is 25.9 Å². The highest BCUT2D eigenvalue weighted by Crippen LogP contribution is 2.25. The third-order valence-corrected chi connectivity index (χ3v) is 2.32. The van der Waals surface area contributed by atoms with E-state index in [0.29, 0.717) is 6.42 Å². The van der Waals surface area contributed by atoms with Crippen LogP contribution in [0.5, 0.6) is 0 Å². The second-order valence-corrected chi connectivity index (χ2v) is 3.13. The van der Waals surface area contributed by atoms with Crippen LogP contribution < -0.4 is 0 Å². The van der Waals surface area contributed by atoms with Gasteiger partial charge in [-0.2, -0.15) is 0 Å². The van der Waals surface area contributed by atoms with Gasteiger partial charge >= 0.3 is 0 Å². The van der Waals surface area contributed by atoms with Crippen molar-refractivity contribution in [2.24, 2.45) is 5.92 Å². The van der Waals surface area contributed by atoms with Crippen LogP contribution in [0.4, 0.5) is 0 Å². The lowest BCUT2D eigenvalue weighted by Gasteiger charge is -2.29. The van der Waals surface area contributed by atoms with Crippen LogP contribution in [0.25, 0.3) is 0 Å². The van der Waals surface area contributed by atoms with Crippen LogP contribution in [0.15, 0.2) is 24.3 Å². The molecule has 1 N–H and O–H groups in total. The molecule has 1 rings (SSSR count). The summed E-state index contributed by atoms with van der Waals surface area (Å²) >= 11 is 0. The summed E-state index contributed by atoms with van der Waals surface area (Å²) in [7, 11) is 0. The monoisotopic (exact) mass is 166 g/mol. The van der Waals surface area contributed by atoms with Crippen molar-refractivity contribution < 1.29 is 9.90 Å². The lowest BCUT2D eigenvalue weighted by Crippen LogP contribution is -2.42. The molecule has 0 fully saturated rings. The van der Waals surface area contributed by atoms with E-state index in [1.807, 2.05) is 19.1 Å². The highest BCUT2D eigenvalue weighted by Gasteiger charge is 2.36. The zero-order valence-corrected chi connectivity index (χ0v) is 7.45. The fourth-order valence-corrected chi connectivity index (χ4v) is 1.36. The molecule has 0 amide bonds. The molecule has 0 heterocycles. The van der Waals surface area contributed by atoms with Gasteiger partial charge in [-0.25, -0.2) is 0 Å². The summed E-state index contributed by atoms with van der Waals surface area (Å²) < 4.78 is 0. The van der Waals surface area contributed by atoms with Crippen molar-refractivity contribution >= 4 is 5.78 Å². The largest absolute Gasteiger partial charge is 0.377 e. The van der Waals surface area contributed by atoms with Gasteiger partial charge in [0.1, 0.15) is 5.60 Å². The van der Waals surface area contributed by atoms with Gasteiger partial charge in [0.15, 0.2) is 5.78 Å². The van der Waals surface area contributed by atoms with Gasteiger partial charge < -0.3 is 5.11 Å². The average Bonchev–Trinajstić information content (AvgIpc) is 2.09. The Morgan fingerprint density at radius 2 is 2.25 bits per heavy atom. The van der Waals surface area contributed by atoms with E-state index in [-0.39, 0.29) is 11.7 Å². The molecule has 1 aliphatic rings. The van der Waals surface area contributed by atoms with Crippen LogP contribution in [0.3, 0.4) is 0 Å². The lowest BCUT2D eigenvalue weighted by atomic mass is 9.81. The maximum absolute atomic E-state index is 11.4. The number of rotatable bonds is 2. The normalized spacial score (nSPS) is 33.8. The van der Waals surface area contributed by atoms with E-state index in [0.717, 1.165) is 0 Å². The minimum Gasteiger partial charge on any atom is -0.377 e. The van der Waals surface area contributed by atoms with Crippen LogP contribution in [0.1, 0.15) is 20.3 Å². The van der Waals surface area contributed by atoms with E-state index >= 15 is 0 Å². The van der Waals surface area contributed by atoms with Crippen molar-refractivity contribution in [3.63, 3.8) is 0 Å². The van der Waals surface area contributed by atoms with Gasteiger partial charge in [-0.1, -0.05) is 32.1 Å². The zero-order chi connectivity index (χ0) is 9.19. The molecule has 2 unspecified atom stereocenters. The molecule has 2 nitrogen and oxygen atoms in total. The predicted molar refractivity (Wildman–Crippen MR) is 47.7 cm³/mol. The van der Waals surface area contributed by atoms with E-state index in [2.05, 4.69) is 0 Å². The van der Waals surface area contributed by atoms with Crippen molar-refractivity contribution in [3.05, 3.63) is 24.3 Å². The van der Waals surface area contributed by atoms with Crippen LogP contribution in [0.2, 0.25) is 0 Å². The minimum absolute atomic E-state index is 0.115. The molecule has 2 heteroatoms. The highest BCUT2D eigenvalue weighted by atomic mass is 16.3. The van der Waals surface area contributed by atoms with Crippen LogP contribution in [0, 0.1) is 5.92 Å². The number of hydrogen-bond donors (Lipinski definition) is 1. The Morgan fingerprint density at radius 1 is 1.58 bits per heavy atom. The van der Waals surface area contributed by atoms with Gasteiger partial charge in [-0.3, -0.25) is 4.79 Å². The number of allylic oxidation sites excluding steroid dienone is 2. The van der Waals surface area contributed by atoms with Gasteiger partial charge in [0, 0.05) is 12.3 Å². The first kappa shape index (κ1) is 9.20. The lowest BCUT2D eigenvalue weighted by molar-refractivity contribution is -0.135. The van der Waals surface area contributed by atoms with E-state index in [1.54, 1.807) is 19.1 Å². The first-order chi connectivity index (χ1) is 5.61. The number of Topliss-reactive ketones (excluding diaryl/α,β-unsaturated/α-hetero) is 1. The van der Waals surface area contributed by atoms with E-state index in [4.69, 9.17) is 0 Å². The Hall–Kier alpha value is -0.890. The summed E-state index contributed by atoms with van der Waals surface area (Å²) in [6, 6.07) is 0. The molecule has 0 aromatic heterocycles.